The van der Waals surface area contributed by atoms with Crippen LogP contribution in [-0.4, -0.2) is 60.9 Å². The van der Waals surface area contributed by atoms with Crippen LogP contribution in [0.4, 0.5) is 5.82 Å². The largest absolute Gasteiger partial charge is 0.373 e. The maximum Gasteiger partial charge on any atom is 0.273 e. The number of hydrogen-bond acceptors (Lipinski definition) is 6. The zero-order valence-electron chi connectivity index (χ0n) is 11.4. The zero-order chi connectivity index (χ0) is 14.8. The molecule has 1 aromatic heterocycles. The number of amides is 1. The summed E-state index contributed by atoms with van der Waals surface area (Å²) in [4.78, 5) is 18.1. The quantitative estimate of drug-likeness (QED) is 0.884. The molecule has 0 bridgehead atoms. The monoisotopic (exact) mass is 315 g/mol. The van der Waals surface area contributed by atoms with E-state index in [0.29, 0.717) is 18.1 Å². The van der Waals surface area contributed by atoms with Crippen LogP contribution in [0.1, 0.15) is 10.5 Å². The third-order valence-corrected chi connectivity index (χ3v) is 5.71. The molecular weight excluding hydrogens is 298 g/mol. The molecule has 0 aromatic carbocycles. The Morgan fingerprint density at radius 1 is 1.50 bits per heavy atom. The Balaban J connectivity index is 2.30. The van der Waals surface area contributed by atoms with Crippen LogP contribution in [0.15, 0.2) is 18.2 Å². The highest BCUT2D eigenvalue weighted by Crippen LogP contribution is 2.22. The molecule has 0 radical (unpaired) electrons. The molecule has 1 amide bonds. The van der Waals surface area contributed by atoms with Crippen LogP contribution < -0.4 is 5.32 Å². The number of pyridine rings is 1. The van der Waals surface area contributed by atoms with Crippen molar-refractivity contribution in [2.45, 2.75) is 5.37 Å². The number of rotatable bonds is 3. The highest BCUT2D eigenvalue weighted by molar-refractivity contribution is 8.00. The van der Waals surface area contributed by atoms with E-state index in [4.69, 9.17) is 0 Å². The third kappa shape index (κ3) is 3.24. The molecule has 20 heavy (non-hydrogen) atoms. The summed E-state index contributed by atoms with van der Waals surface area (Å²) in [5, 5.41) is 2.09. The predicted octanol–water partition coefficient (Wildman–Crippen LogP) is 0.683. The van der Waals surface area contributed by atoms with E-state index in [1.54, 1.807) is 37.0 Å². The van der Waals surface area contributed by atoms with Crippen LogP contribution in [0.3, 0.4) is 0 Å². The van der Waals surface area contributed by atoms with Crippen molar-refractivity contribution in [3.05, 3.63) is 23.9 Å². The highest BCUT2D eigenvalue weighted by atomic mass is 32.2. The fourth-order valence-electron chi connectivity index (χ4n) is 2.01. The van der Waals surface area contributed by atoms with E-state index >= 15 is 0 Å². The molecule has 0 aliphatic carbocycles. The first-order valence-electron chi connectivity index (χ1n) is 6.16. The number of thioether (sulfide) groups is 1. The molecule has 1 aromatic rings. The van der Waals surface area contributed by atoms with Gasteiger partial charge in [-0.15, -0.1) is 0 Å². The van der Waals surface area contributed by atoms with Crippen LogP contribution in [0.2, 0.25) is 0 Å². The molecule has 6 nitrogen and oxygen atoms in total. The van der Waals surface area contributed by atoms with Gasteiger partial charge in [0.25, 0.3) is 5.91 Å². The van der Waals surface area contributed by atoms with Gasteiger partial charge in [-0.2, -0.15) is 11.8 Å². The summed E-state index contributed by atoms with van der Waals surface area (Å²) in [5.74, 6) is 1.40. The van der Waals surface area contributed by atoms with Gasteiger partial charge in [0.1, 0.15) is 16.9 Å². The van der Waals surface area contributed by atoms with Gasteiger partial charge in [-0.1, -0.05) is 6.07 Å². The number of carbonyl (C=O) groups excluding carboxylic acids is 1. The molecule has 2 rings (SSSR count). The van der Waals surface area contributed by atoms with Crippen LogP contribution in [0.25, 0.3) is 0 Å². The minimum atomic E-state index is -3.30. The summed E-state index contributed by atoms with van der Waals surface area (Å²) in [5.41, 5.74) is 0.261. The van der Waals surface area contributed by atoms with Crippen molar-refractivity contribution in [1.29, 1.82) is 0 Å². The lowest BCUT2D eigenvalue weighted by Gasteiger charge is -2.33. The van der Waals surface area contributed by atoms with Crippen molar-refractivity contribution < 1.29 is 13.2 Å². The number of nitrogens with one attached hydrogen (secondary N) is 1. The second-order valence-corrected chi connectivity index (χ2v) is 7.87. The lowest BCUT2D eigenvalue weighted by atomic mass is 10.3. The minimum Gasteiger partial charge on any atom is -0.373 e. The molecule has 1 N–H and O–H groups in total. The van der Waals surface area contributed by atoms with Crippen LogP contribution in [0, 0.1) is 0 Å². The first-order chi connectivity index (χ1) is 9.43. The van der Waals surface area contributed by atoms with Crippen molar-refractivity contribution >= 4 is 33.3 Å². The van der Waals surface area contributed by atoms with Gasteiger partial charge < -0.3 is 10.2 Å². The molecule has 0 spiro atoms. The summed E-state index contributed by atoms with van der Waals surface area (Å²) < 4.78 is 23.6. The van der Waals surface area contributed by atoms with Crippen molar-refractivity contribution in [2.24, 2.45) is 0 Å². The predicted molar refractivity (Wildman–Crippen MR) is 80.8 cm³/mol. The van der Waals surface area contributed by atoms with Gasteiger partial charge in [-0.05, 0) is 12.1 Å². The smallest absolute Gasteiger partial charge is 0.273 e. The third-order valence-electron chi connectivity index (χ3n) is 3.06. The van der Waals surface area contributed by atoms with E-state index in [2.05, 4.69) is 10.3 Å². The SMILES string of the molecule is CNc1cccc(C(=O)N2CCSCC2S(C)(=O)=O)n1. The van der Waals surface area contributed by atoms with E-state index in [0.717, 1.165) is 5.75 Å². The number of hydrogen-bond donors (Lipinski definition) is 1. The van der Waals surface area contributed by atoms with E-state index in [9.17, 15) is 13.2 Å². The van der Waals surface area contributed by atoms with Crippen molar-refractivity contribution in [1.82, 2.24) is 9.88 Å². The average molecular weight is 315 g/mol. The minimum absolute atomic E-state index is 0.261. The van der Waals surface area contributed by atoms with Crippen molar-refractivity contribution in [3.63, 3.8) is 0 Å². The number of anilines is 1. The summed E-state index contributed by atoms with van der Waals surface area (Å²) in [6, 6.07) is 5.07. The van der Waals surface area contributed by atoms with Gasteiger partial charge >= 0.3 is 0 Å². The van der Waals surface area contributed by atoms with E-state index in [-0.39, 0.29) is 11.6 Å². The molecule has 1 unspecified atom stereocenters. The maximum atomic E-state index is 12.5. The molecule has 8 heteroatoms. The fourth-order valence-corrected chi connectivity index (χ4v) is 4.82. The molecule has 1 atom stereocenters. The highest BCUT2D eigenvalue weighted by Gasteiger charge is 2.35. The molecular formula is C12H17N3O3S2. The number of sulfone groups is 1. The molecule has 1 saturated heterocycles. The summed E-state index contributed by atoms with van der Waals surface area (Å²) in [7, 11) is -1.59. The Kier molecular flexibility index (Phi) is 4.54. The lowest BCUT2D eigenvalue weighted by molar-refractivity contribution is 0.0744. The Labute approximate surface area is 122 Å². The molecule has 0 saturated carbocycles. The van der Waals surface area contributed by atoms with Crippen LogP contribution >= 0.6 is 11.8 Å². The molecule has 1 aliphatic rings. The van der Waals surface area contributed by atoms with Crippen LogP contribution in [-0.2, 0) is 9.84 Å². The number of carbonyl (C=O) groups is 1. The molecule has 1 fully saturated rings. The standard InChI is InChI=1S/C12H17N3O3S2/c1-13-10-5-3-4-9(14-10)12(16)15-6-7-19-8-11(15)20(2,17)18/h3-5,11H,6-8H2,1-2H3,(H,13,14). The Bertz CT molecular complexity index is 604. The van der Waals surface area contributed by atoms with E-state index < -0.39 is 15.2 Å². The number of nitrogens with zero attached hydrogens (tertiary/aromatic N) is 2. The lowest BCUT2D eigenvalue weighted by Crippen LogP contribution is -2.50. The van der Waals surface area contributed by atoms with Gasteiger partial charge in [0, 0.05) is 31.4 Å². The maximum absolute atomic E-state index is 12.5. The topological polar surface area (TPSA) is 79.4 Å². The normalized spacial score (nSPS) is 19.7. The first kappa shape index (κ1) is 15.1. The molecule has 2 heterocycles. The van der Waals surface area contributed by atoms with Gasteiger partial charge in [0.2, 0.25) is 0 Å². The first-order valence-corrected chi connectivity index (χ1v) is 9.27. The molecule has 110 valence electrons. The summed E-state index contributed by atoms with van der Waals surface area (Å²) >= 11 is 1.55. The summed E-state index contributed by atoms with van der Waals surface area (Å²) in [6.45, 7) is 0.423. The van der Waals surface area contributed by atoms with Crippen LogP contribution in [0.5, 0.6) is 0 Å². The second-order valence-electron chi connectivity index (χ2n) is 4.52. The van der Waals surface area contributed by atoms with E-state index in [1.807, 2.05) is 0 Å². The number of aromatic nitrogens is 1. The Morgan fingerprint density at radius 2 is 2.25 bits per heavy atom. The molecule has 1 aliphatic heterocycles. The van der Waals surface area contributed by atoms with Gasteiger partial charge in [0.05, 0.1) is 0 Å². The fraction of sp³-hybridized carbons (Fsp3) is 0.500. The van der Waals surface area contributed by atoms with E-state index in [1.165, 1.54) is 11.2 Å². The Morgan fingerprint density at radius 3 is 2.90 bits per heavy atom. The zero-order valence-corrected chi connectivity index (χ0v) is 13.0. The second kappa shape index (κ2) is 6.01. The summed E-state index contributed by atoms with van der Waals surface area (Å²) in [6.07, 6.45) is 1.17. The van der Waals surface area contributed by atoms with Crippen molar-refractivity contribution in [3.8, 4) is 0 Å². The van der Waals surface area contributed by atoms with Gasteiger partial charge in [-0.3, -0.25) is 4.79 Å². The average Bonchev–Trinajstić information content (AvgIpc) is 2.45. The van der Waals surface area contributed by atoms with Gasteiger partial charge in [-0.25, -0.2) is 13.4 Å². The van der Waals surface area contributed by atoms with Crippen molar-refractivity contribution in [2.75, 3.05) is 36.7 Å². The van der Waals surface area contributed by atoms with Gasteiger partial charge in [0.15, 0.2) is 9.84 Å². The Hall–Kier alpha value is -1.28.